The topological polar surface area (TPSA) is 23.5 Å². The average molecular weight is 490 g/mol. The van der Waals surface area contributed by atoms with E-state index in [1.165, 1.54) is 0 Å². The maximum Gasteiger partial charge on any atom is 0.118 e. The molecule has 6 rings (SSSR count). The first-order chi connectivity index (χ1) is 18.7. The fourth-order valence-corrected chi connectivity index (χ4v) is 4.88. The van der Waals surface area contributed by atoms with Crippen LogP contribution in [0, 0.1) is 0 Å². The number of phenols is 1. The first-order valence-corrected chi connectivity index (χ1v) is 12.8. The minimum atomic E-state index is 0.223. The van der Waals surface area contributed by atoms with Gasteiger partial charge in [0.05, 0.1) is 5.69 Å². The Hall–Kier alpha value is -5.08. The lowest BCUT2D eigenvalue weighted by molar-refractivity contribution is 0.476. The zero-order chi connectivity index (χ0) is 25.7. The molecule has 0 amide bonds. The molecule has 1 N–H and O–H groups in total. The summed E-state index contributed by atoms with van der Waals surface area (Å²) in [7, 11) is 0. The highest BCUT2D eigenvalue weighted by atomic mass is 16.3. The molecule has 2 heteroatoms. The molecule has 0 atom stereocenters. The minimum Gasteiger partial charge on any atom is -0.508 e. The van der Waals surface area contributed by atoms with Gasteiger partial charge in [-0.3, -0.25) is 0 Å². The maximum atomic E-state index is 10.9. The predicted octanol–water partition coefficient (Wildman–Crippen LogP) is 9.86. The summed E-state index contributed by atoms with van der Waals surface area (Å²) in [5.74, 6) is 0.223. The Balaban J connectivity index is 1.53. The standard InChI is InChI=1S/C36H27NO/c38-36-25-32(24-35(26-36)37(33-17-9-3-10-18-33)34-19-11-4-12-20-34)31-22-29(27-13-5-1-6-14-27)21-30(23-31)28-15-7-2-8-16-28/h1-26,38H. The molecule has 182 valence electrons. The molecule has 0 saturated heterocycles. The highest BCUT2D eigenvalue weighted by Crippen LogP contribution is 2.40. The van der Waals surface area contributed by atoms with Gasteiger partial charge >= 0.3 is 0 Å². The normalized spacial score (nSPS) is 10.7. The van der Waals surface area contributed by atoms with Gasteiger partial charge in [-0.15, -0.1) is 0 Å². The van der Waals surface area contributed by atoms with Crippen LogP contribution in [0.3, 0.4) is 0 Å². The molecular formula is C36H27NO. The molecule has 6 aromatic carbocycles. The van der Waals surface area contributed by atoms with Crippen molar-refractivity contribution in [2.75, 3.05) is 4.90 Å². The molecule has 6 aromatic rings. The van der Waals surface area contributed by atoms with E-state index in [0.717, 1.165) is 50.4 Å². The number of benzene rings is 6. The van der Waals surface area contributed by atoms with E-state index >= 15 is 0 Å². The van der Waals surface area contributed by atoms with Gasteiger partial charge in [0.2, 0.25) is 0 Å². The Morgan fingerprint density at radius 1 is 0.316 bits per heavy atom. The van der Waals surface area contributed by atoms with Crippen molar-refractivity contribution in [3.05, 3.63) is 158 Å². The minimum absolute atomic E-state index is 0.223. The van der Waals surface area contributed by atoms with Crippen molar-refractivity contribution in [2.45, 2.75) is 0 Å². The molecule has 0 saturated carbocycles. The van der Waals surface area contributed by atoms with E-state index in [1.54, 1.807) is 0 Å². The van der Waals surface area contributed by atoms with Gasteiger partial charge in [0.1, 0.15) is 5.75 Å². The molecule has 0 fully saturated rings. The monoisotopic (exact) mass is 489 g/mol. The van der Waals surface area contributed by atoms with Crippen LogP contribution in [-0.4, -0.2) is 5.11 Å². The second-order valence-corrected chi connectivity index (χ2v) is 9.28. The summed E-state index contributed by atoms with van der Waals surface area (Å²) in [5, 5.41) is 10.9. The lowest BCUT2D eigenvalue weighted by Gasteiger charge is -2.26. The van der Waals surface area contributed by atoms with Gasteiger partial charge in [-0.1, -0.05) is 97.1 Å². The number of anilines is 3. The van der Waals surface area contributed by atoms with Gasteiger partial charge in [-0.2, -0.15) is 0 Å². The SMILES string of the molecule is Oc1cc(-c2cc(-c3ccccc3)cc(-c3ccccc3)c2)cc(N(c2ccccc2)c2ccccc2)c1. The zero-order valence-electron chi connectivity index (χ0n) is 20.9. The van der Waals surface area contributed by atoms with Crippen LogP contribution in [0.4, 0.5) is 17.1 Å². The predicted molar refractivity (Wildman–Crippen MR) is 159 cm³/mol. The average Bonchev–Trinajstić information content (AvgIpc) is 2.99. The lowest BCUT2D eigenvalue weighted by Crippen LogP contribution is -2.09. The van der Waals surface area contributed by atoms with Gasteiger partial charge in [-0.05, 0) is 88.0 Å². The van der Waals surface area contributed by atoms with Crippen molar-refractivity contribution >= 4 is 17.1 Å². The van der Waals surface area contributed by atoms with Crippen LogP contribution in [0.1, 0.15) is 0 Å². The highest BCUT2D eigenvalue weighted by Gasteiger charge is 2.15. The van der Waals surface area contributed by atoms with Crippen LogP contribution in [-0.2, 0) is 0 Å². The van der Waals surface area contributed by atoms with Crippen molar-refractivity contribution in [3.63, 3.8) is 0 Å². The maximum absolute atomic E-state index is 10.9. The molecule has 0 aromatic heterocycles. The van der Waals surface area contributed by atoms with Crippen LogP contribution in [0.2, 0.25) is 0 Å². The Kier molecular flexibility index (Phi) is 6.44. The number of aromatic hydroxyl groups is 1. The first-order valence-electron chi connectivity index (χ1n) is 12.8. The fourth-order valence-electron chi connectivity index (χ4n) is 4.88. The molecule has 0 bridgehead atoms. The van der Waals surface area contributed by atoms with E-state index < -0.39 is 0 Å². The number of nitrogens with zero attached hydrogens (tertiary/aromatic N) is 1. The summed E-state index contributed by atoms with van der Waals surface area (Å²) in [4.78, 5) is 2.17. The van der Waals surface area contributed by atoms with Gasteiger partial charge in [0, 0.05) is 17.4 Å². The molecule has 38 heavy (non-hydrogen) atoms. The largest absolute Gasteiger partial charge is 0.508 e. The summed E-state index contributed by atoms with van der Waals surface area (Å²) in [6, 6.07) is 53.8. The molecule has 0 heterocycles. The Labute approximate surface area is 223 Å². The van der Waals surface area contributed by atoms with Crippen molar-refractivity contribution in [1.82, 2.24) is 0 Å². The molecular weight excluding hydrogens is 462 g/mol. The van der Waals surface area contributed by atoms with Crippen LogP contribution in [0.25, 0.3) is 33.4 Å². The van der Waals surface area contributed by atoms with Crippen LogP contribution in [0.15, 0.2) is 158 Å². The molecule has 0 radical (unpaired) electrons. The van der Waals surface area contributed by atoms with Crippen molar-refractivity contribution in [3.8, 4) is 39.1 Å². The number of hydrogen-bond acceptors (Lipinski definition) is 2. The summed E-state index contributed by atoms with van der Waals surface area (Å²) in [6.07, 6.45) is 0. The van der Waals surface area contributed by atoms with E-state index in [9.17, 15) is 5.11 Å². The van der Waals surface area contributed by atoms with Crippen LogP contribution < -0.4 is 4.90 Å². The number of para-hydroxylation sites is 2. The number of hydrogen-bond donors (Lipinski definition) is 1. The molecule has 0 aliphatic carbocycles. The van der Waals surface area contributed by atoms with Crippen molar-refractivity contribution in [2.24, 2.45) is 0 Å². The van der Waals surface area contributed by atoms with Gasteiger partial charge in [0.25, 0.3) is 0 Å². The van der Waals surface area contributed by atoms with Crippen molar-refractivity contribution < 1.29 is 5.11 Å². The first kappa shape index (κ1) is 23.3. The van der Waals surface area contributed by atoms with E-state index in [2.05, 4.69) is 102 Å². The second-order valence-electron chi connectivity index (χ2n) is 9.28. The Morgan fingerprint density at radius 3 is 1.13 bits per heavy atom. The van der Waals surface area contributed by atoms with Crippen LogP contribution in [0.5, 0.6) is 5.75 Å². The van der Waals surface area contributed by atoms with E-state index in [4.69, 9.17) is 0 Å². The summed E-state index contributed by atoms with van der Waals surface area (Å²) in [5.41, 5.74) is 9.52. The Bertz CT molecular complexity index is 1550. The highest BCUT2D eigenvalue weighted by molar-refractivity contribution is 5.85. The van der Waals surface area contributed by atoms with Crippen molar-refractivity contribution in [1.29, 1.82) is 0 Å². The third kappa shape index (κ3) is 4.93. The van der Waals surface area contributed by atoms with E-state index in [-0.39, 0.29) is 5.75 Å². The smallest absolute Gasteiger partial charge is 0.118 e. The quantitative estimate of drug-likeness (QED) is 0.252. The summed E-state index contributed by atoms with van der Waals surface area (Å²) < 4.78 is 0. The van der Waals surface area contributed by atoms with E-state index in [0.29, 0.717) is 0 Å². The van der Waals surface area contributed by atoms with Gasteiger partial charge in [0.15, 0.2) is 0 Å². The second kappa shape index (κ2) is 10.5. The van der Waals surface area contributed by atoms with Gasteiger partial charge in [-0.25, -0.2) is 0 Å². The lowest BCUT2D eigenvalue weighted by atomic mass is 9.93. The number of rotatable bonds is 6. The molecule has 2 nitrogen and oxygen atoms in total. The number of phenolic OH excluding ortho intramolecular Hbond substituents is 1. The van der Waals surface area contributed by atoms with E-state index in [1.807, 2.05) is 60.7 Å². The fraction of sp³-hybridized carbons (Fsp3) is 0. The Morgan fingerprint density at radius 2 is 0.684 bits per heavy atom. The zero-order valence-corrected chi connectivity index (χ0v) is 20.9. The summed E-state index contributed by atoms with van der Waals surface area (Å²) >= 11 is 0. The van der Waals surface area contributed by atoms with Crippen LogP contribution >= 0.6 is 0 Å². The molecule has 0 spiro atoms. The molecule has 0 aliphatic rings. The third-order valence-corrected chi connectivity index (χ3v) is 6.67. The third-order valence-electron chi connectivity index (χ3n) is 6.67. The molecule has 0 unspecified atom stereocenters. The summed E-state index contributed by atoms with van der Waals surface area (Å²) in [6.45, 7) is 0. The van der Waals surface area contributed by atoms with Gasteiger partial charge < -0.3 is 10.0 Å². The molecule has 0 aliphatic heterocycles.